The Balaban J connectivity index is 0.00000144. The molecule has 0 radical (unpaired) electrons. The van der Waals surface area contributed by atoms with Gasteiger partial charge in [0.1, 0.15) is 0 Å². The van der Waals surface area contributed by atoms with Gasteiger partial charge in [-0.3, -0.25) is 4.79 Å². The molecule has 1 heterocycles. The predicted molar refractivity (Wildman–Crippen MR) is 74.4 cm³/mol. The van der Waals surface area contributed by atoms with Crippen molar-refractivity contribution < 1.29 is 9.90 Å². The molecule has 0 saturated carbocycles. The largest absolute Gasteiger partial charge is 0.481 e. The van der Waals surface area contributed by atoms with E-state index in [1.165, 1.54) is 4.70 Å². The first kappa shape index (κ1) is 13.8. The quantitative estimate of drug-likeness (QED) is 0.893. The number of halogens is 1. The molecule has 17 heavy (non-hydrogen) atoms. The van der Waals surface area contributed by atoms with Crippen molar-refractivity contribution in [3.63, 3.8) is 0 Å². The highest BCUT2D eigenvalue weighted by Crippen LogP contribution is 2.30. The van der Waals surface area contributed by atoms with E-state index in [0.717, 1.165) is 11.1 Å². The molecule has 92 valence electrons. The van der Waals surface area contributed by atoms with E-state index in [-0.39, 0.29) is 24.9 Å². The van der Waals surface area contributed by atoms with Crippen LogP contribution in [-0.4, -0.2) is 17.1 Å². The summed E-state index contributed by atoms with van der Waals surface area (Å²) in [6, 6.07) is 8.04. The summed E-state index contributed by atoms with van der Waals surface area (Å²) in [6.45, 7) is 1.88. The summed E-state index contributed by atoms with van der Waals surface area (Å²) in [5.41, 5.74) is 1.02. The van der Waals surface area contributed by atoms with Crippen molar-refractivity contribution in [1.82, 2.24) is 0 Å². The van der Waals surface area contributed by atoms with Crippen LogP contribution in [0.1, 0.15) is 13.3 Å². The van der Waals surface area contributed by atoms with Crippen molar-refractivity contribution in [2.24, 2.45) is 0 Å². The number of nitrogens with one attached hydrogen (secondary N) is 1. The maximum Gasteiger partial charge on any atom is 0.305 e. The molecule has 0 fully saturated rings. The number of hydrogen-bond acceptors (Lipinski definition) is 3. The number of hydrogen-bond donors (Lipinski definition) is 2. The predicted octanol–water partition coefficient (Wildman–Crippen LogP) is 3.60. The SMILES string of the molecule is C[C@H](CC(=O)O)Nc1csc2ccccc12.Cl. The monoisotopic (exact) mass is 271 g/mol. The number of anilines is 1. The molecule has 2 aromatic rings. The molecule has 3 nitrogen and oxygen atoms in total. The number of benzene rings is 1. The van der Waals surface area contributed by atoms with Gasteiger partial charge in [-0.15, -0.1) is 23.7 Å². The van der Waals surface area contributed by atoms with E-state index < -0.39 is 5.97 Å². The molecule has 5 heteroatoms. The van der Waals surface area contributed by atoms with Crippen LogP contribution < -0.4 is 5.32 Å². The molecule has 1 aromatic heterocycles. The second kappa shape index (κ2) is 5.89. The fourth-order valence-corrected chi connectivity index (χ4v) is 2.57. The van der Waals surface area contributed by atoms with Crippen LogP contribution in [0.25, 0.3) is 10.1 Å². The van der Waals surface area contributed by atoms with Crippen molar-refractivity contribution in [2.75, 3.05) is 5.32 Å². The zero-order chi connectivity index (χ0) is 11.5. The van der Waals surface area contributed by atoms with Gasteiger partial charge in [-0.2, -0.15) is 0 Å². The third kappa shape index (κ3) is 3.35. The Labute approximate surface area is 110 Å². The zero-order valence-corrected chi connectivity index (χ0v) is 11.0. The van der Waals surface area contributed by atoms with Gasteiger partial charge in [0.25, 0.3) is 0 Å². The molecule has 2 N–H and O–H groups in total. The van der Waals surface area contributed by atoms with Gasteiger partial charge in [0.15, 0.2) is 0 Å². The highest BCUT2D eigenvalue weighted by molar-refractivity contribution is 7.17. The van der Waals surface area contributed by atoms with E-state index in [1.54, 1.807) is 11.3 Å². The summed E-state index contributed by atoms with van der Waals surface area (Å²) in [4.78, 5) is 10.6. The van der Waals surface area contributed by atoms with Crippen LogP contribution in [0, 0.1) is 0 Å². The minimum Gasteiger partial charge on any atom is -0.481 e. The molecule has 1 atom stereocenters. The van der Waals surface area contributed by atoms with Gasteiger partial charge in [-0.1, -0.05) is 18.2 Å². The molecular weight excluding hydrogens is 258 g/mol. The lowest BCUT2D eigenvalue weighted by molar-refractivity contribution is -0.137. The van der Waals surface area contributed by atoms with Crippen molar-refractivity contribution in [2.45, 2.75) is 19.4 Å². The lowest BCUT2D eigenvalue weighted by Crippen LogP contribution is -2.18. The van der Waals surface area contributed by atoms with Crippen molar-refractivity contribution in [3.05, 3.63) is 29.6 Å². The van der Waals surface area contributed by atoms with Crippen LogP contribution in [0.2, 0.25) is 0 Å². The van der Waals surface area contributed by atoms with Gasteiger partial charge in [0.2, 0.25) is 0 Å². The normalized spacial score (nSPS) is 11.8. The fraction of sp³-hybridized carbons (Fsp3) is 0.250. The summed E-state index contributed by atoms with van der Waals surface area (Å²) in [5.74, 6) is -0.778. The highest BCUT2D eigenvalue weighted by atomic mass is 35.5. The smallest absolute Gasteiger partial charge is 0.305 e. The van der Waals surface area contributed by atoms with E-state index in [0.29, 0.717) is 0 Å². The number of carbonyl (C=O) groups is 1. The van der Waals surface area contributed by atoms with Gasteiger partial charge < -0.3 is 10.4 Å². The lowest BCUT2D eigenvalue weighted by atomic mass is 10.2. The maximum atomic E-state index is 10.6. The van der Waals surface area contributed by atoms with Crippen LogP contribution in [-0.2, 0) is 4.79 Å². The summed E-state index contributed by atoms with van der Waals surface area (Å²) < 4.78 is 1.22. The Bertz CT molecular complexity index is 512. The van der Waals surface area contributed by atoms with E-state index >= 15 is 0 Å². The maximum absolute atomic E-state index is 10.6. The molecule has 0 bridgehead atoms. The Morgan fingerprint density at radius 3 is 2.88 bits per heavy atom. The molecular formula is C12H14ClNO2S. The molecule has 0 saturated heterocycles. The van der Waals surface area contributed by atoms with E-state index in [9.17, 15) is 4.79 Å². The van der Waals surface area contributed by atoms with E-state index in [4.69, 9.17) is 5.11 Å². The van der Waals surface area contributed by atoms with Crippen LogP contribution in [0.4, 0.5) is 5.69 Å². The molecule has 0 aliphatic heterocycles. The molecule has 0 unspecified atom stereocenters. The fourth-order valence-electron chi connectivity index (χ4n) is 1.67. The zero-order valence-electron chi connectivity index (χ0n) is 9.34. The molecule has 1 aromatic carbocycles. The average Bonchev–Trinajstić information content (AvgIpc) is 2.61. The minimum atomic E-state index is -0.778. The summed E-state index contributed by atoms with van der Waals surface area (Å²) >= 11 is 1.66. The molecule has 2 rings (SSSR count). The lowest BCUT2D eigenvalue weighted by Gasteiger charge is -2.11. The highest BCUT2D eigenvalue weighted by Gasteiger charge is 2.09. The van der Waals surface area contributed by atoms with Crippen LogP contribution in [0.5, 0.6) is 0 Å². The Hall–Kier alpha value is -1.26. The summed E-state index contributed by atoms with van der Waals surface area (Å²) in [7, 11) is 0. The van der Waals surface area contributed by atoms with Gasteiger partial charge in [0, 0.05) is 21.5 Å². The van der Waals surface area contributed by atoms with Gasteiger partial charge in [-0.05, 0) is 13.0 Å². The number of carboxylic acids is 1. The number of thiophene rings is 1. The van der Waals surface area contributed by atoms with Crippen LogP contribution in [0.15, 0.2) is 29.6 Å². The minimum absolute atomic E-state index is 0. The Morgan fingerprint density at radius 1 is 1.47 bits per heavy atom. The van der Waals surface area contributed by atoms with Crippen molar-refractivity contribution in [1.29, 1.82) is 0 Å². The third-order valence-corrected chi connectivity index (χ3v) is 3.33. The number of rotatable bonds is 4. The summed E-state index contributed by atoms with van der Waals surface area (Å²) in [5, 5.41) is 15.1. The first-order valence-corrected chi connectivity index (χ1v) is 5.99. The van der Waals surface area contributed by atoms with E-state index in [1.807, 2.05) is 30.5 Å². The third-order valence-electron chi connectivity index (χ3n) is 2.36. The van der Waals surface area contributed by atoms with Crippen LogP contribution >= 0.6 is 23.7 Å². The first-order chi connectivity index (χ1) is 7.66. The average molecular weight is 272 g/mol. The van der Waals surface area contributed by atoms with Gasteiger partial charge in [0.05, 0.1) is 12.1 Å². The molecule has 0 aliphatic carbocycles. The first-order valence-electron chi connectivity index (χ1n) is 5.11. The van der Waals surface area contributed by atoms with Gasteiger partial charge in [-0.25, -0.2) is 0 Å². The van der Waals surface area contributed by atoms with Gasteiger partial charge >= 0.3 is 5.97 Å². The van der Waals surface area contributed by atoms with Crippen LogP contribution in [0.3, 0.4) is 0 Å². The summed E-state index contributed by atoms with van der Waals surface area (Å²) in [6.07, 6.45) is 0.129. The second-order valence-corrected chi connectivity index (χ2v) is 4.70. The second-order valence-electron chi connectivity index (χ2n) is 3.79. The van der Waals surface area contributed by atoms with E-state index in [2.05, 4.69) is 11.4 Å². The number of carboxylic acid groups (broad SMARTS) is 1. The molecule has 0 amide bonds. The van der Waals surface area contributed by atoms with Crippen molar-refractivity contribution >= 4 is 45.5 Å². The Morgan fingerprint density at radius 2 is 2.18 bits per heavy atom. The number of fused-ring (bicyclic) bond motifs is 1. The molecule has 0 aliphatic rings. The van der Waals surface area contributed by atoms with Crippen molar-refractivity contribution in [3.8, 4) is 0 Å². The molecule has 0 spiro atoms. The topological polar surface area (TPSA) is 49.3 Å². The standard InChI is InChI=1S/C12H13NO2S.ClH/c1-8(6-12(14)15)13-10-7-16-11-5-3-2-4-9(10)11;/h2-5,7-8,13H,6H2,1H3,(H,14,15);1H/t8-;/m1./s1. The Kier molecular flexibility index (Phi) is 4.78. The number of aliphatic carboxylic acids is 1.